The lowest BCUT2D eigenvalue weighted by atomic mass is 10.1. The molecule has 0 aliphatic heterocycles. The Balaban J connectivity index is 3.13. The van der Waals surface area contributed by atoms with Gasteiger partial charge in [-0.15, -0.1) is 6.42 Å². The maximum atomic E-state index is 12.3. The molecule has 104 valence electrons. The summed E-state index contributed by atoms with van der Waals surface area (Å²) in [5, 5.41) is 0. The lowest BCUT2D eigenvalue weighted by Gasteiger charge is -2.15. The molecule has 0 saturated heterocycles. The monoisotopic (exact) mass is 280 g/mol. The van der Waals surface area contributed by atoms with Gasteiger partial charge in [0.2, 0.25) is 10.0 Å². The van der Waals surface area contributed by atoms with Crippen molar-refractivity contribution in [3.8, 4) is 12.3 Å². The molecule has 1 unspecified atom stereocenters. The Hall–Kier alpha value is -1.51. The highest BCUT2D eigenvalue weighted by atomic mass is 32.2. The van der Waals surface area contributed by atoms with Gasteiger partial charge in [-0.2, -0.15) is 4.72 Å². The first-order chi connectivity index (χ1) is 8.94. The van der Waals surface area contributed by atoms with Crippen molar-refractivity contribution in [3.63, 3.8) is 0 Å². The summed E-state index contributed by atoms with van der Waals surface area (Å²) >= 11 is 0. The third-order valence-electron chi connectivity index (χ3n) is 2.84. The number of nitrogens with one attached hydrogen (secondary N) is 1. The van der Waals surface area contributed by atoms with Crippen molar-refractivity contribution in [1.82, 2.24) is 4.72 Å². The summed E-state index contributed by atoms with van der Waals surface area (Å²) in [5.74, 6) is 2.46. The van der Waals surface area contributed by atoms with Crippen molar-refractivity contribution in [1.29, 1.82) is 0 Å². The molecule has 0 aromatic heterocycles. The molecule has 0 saturated carbocycles. The van der Waals surface area contributed by atoms with Gasteiger partial charge in [0.15, 0.2) is 0 Å². The van der Waals surface area contributed by atoms with Gasteiger partial charge >= 0.3 is 0 Å². The zero-order valence-electron chi connectivity index (χ0n) is 11.3. The lowest BCUT2D eigenvalue weighted by molar-refractivity contribution is 0.563. The maximum absolute atomic E-state index is 12.3. The number of sulfonamides is 1. The number of anilines is 1. The van der Waals surface area contributed by atoms with E-state index in [1.807, 2.05) is 13.8 Å². The van der Waals surface area contributed by atoms with Crippen molar-refractivity contribution >= 4 is 15.7 Å². The number of hydrogen-bond donors (Lipinski definition) is 2. The summed E-state index contributed by atoms with van der Waals surface area (Å²) in [6, 6.07) is 4.42. The van der Waals surface area contributed by atoms with Crippen molar-refractivity contribution in [3.05, 3.63) is 23.8 Å². The summed E-state index contributed by atoms with van der Waals surface area (Å²) in [7, 11) is -3.63. The Labute approximate surface area is 115 Å². The highest BCUT2D eigenvalue weighted by Gasteiger charge is 2.21. The minimum Gasteiger partial charge on any atom is -0.399 e. The molecule has 4 nitrogen and oxygen atoms in total. The first-order valence-corrected chi connectivity index (χ1v) is 7.79. The van der Waals surface area contributed by atoms with Crippen LogP contribution in [-0.2, 0) is 16.4 Å². The van der Waals surface area contributed by atoms with Gasteiger partial charge in [-0.3, -0.25) is 0 Å². The van der Waals surface area contributed by atoms with Crippen LogP contribution >= 0.6 is 0 Å². The molecule has 3 N–H and O–H groups in total. The van der Waals surface area contributed by atoms with Crippen molar-refractivity contribution < 1.29 is 8.42 Å². The third-order valence-corrected chi connectivity index (χ3v) is 4.39. The van der Waals surface area contributed by atoms with E-state index in [9.17, 15) is 8.42 Å². The second-order valence-electron chi connectivity index (χ2n) is 4.35. The number of terminal acetylenes is 1. The van der Waals surface area contributed by atoms with Crippen LogP contribution in [0.15, 0.2) is 23.1 Å². The van der Waals surface area contributed by atoms with Crippen LogP contribution in [0, 0.1) is 12.3 Å². The van der Waals surface area contributed by atoms with E-state index in [1.54, 1.807) is 12.1 Å². The first kappa shape index (κ1) is 15.5. The highest BCUT2D eigenvalue weighted by molar-refractivity contribution is 7.89. The van der Waals surface area contributed by atoms with Gasteiger partial charge in [-0.05, 0) is 30.5 Å². The van der Waals surface area contributed by atoms with Gasteiger partial charge in [-0.25, -0.2) is 8.42 Å². The van der Waals surface area contributed by atoms with E-state index < -0.39 is 16.1 Å². The van der Waals surface area contributed by atoms with Crippen LogP contribution in [0.25, 0.3) is 0 Å². The Morgan fingerprint density at radius 1 is 1.42 bits per heavy atom. The van der Waals surface area contributed by atoms with Gasteiger partial charge in [0, 0.05) is 5.69 Å². The van der Waals surface area contributed by atoms with Crippen LogP contribution in [0.5, 0.6) is 0 Å². The number of rotatable bonds is 6. The van der Waals surface area contributed by atoms with E-state index in [0.717, 1.165) is 12.0 Å². The normalized spacial score (nSPS) is 12.9. The average molecular weight is 280 g/mol. The molecule has 1 atom stereocenters. The number of aryl methyl sites for hydroxylation is 1. The predicted molar refractivity (Wildman–Crippen MR) is 78.1 cm³/mol. The van der Waals surface area contributed by atoms with Gasteiger partial charge in [-0.1, -0.05) is 32.3 Å². The quantitative estimate of drug-likeness (QED) is 0.617. The Morgan fingerprint density at radius 3 is 2.63 bits per heavy atom. The summed E-state index contributed by atoms with van der Waals surface area (Å²) < 4.78 is 27.2. The standard InChI is InChI=1S/C14H20N2O2S/c1-4-7-13(6-3)16-19(17,18)14-10-12(15)9-8-11(14)5-2/h3,8-10,13,16H,4-5,7,15H2,1-2H3. The highest BCUT2D eigenvalue weighted by Crippen LogP contribution is 2.20. The van der Waals surface area contributed by atoms with Gasteiger partial charge in [0.25, 0.3) is 0 Å². The molecule has 5 heteroatoms. The van der Waals surface area contributed by atoms with Crippen LogP contribution in [0.2, 0.25) is 0 Å². The molecular formula is C14H20N2O2S. The van der Waals surface area contributed by atoms with Crippen LogP contribution in [0.1, 0.15) is 32.3 Å². The fourth-order valence-electron chi connectivity index (χ4n) is 1.83. The lowest BCUT2D eigenvalue weighted by Crippen LogP contribution is -2.34. The van der Waals surface area contributed by atoms with Gasteiger partial charge in [0.1, 0.15) is 0 Å². The molecule has 0 fully saturated rings. The molecule has 1 rings (SSSR count). The van der Waals surface area contributed by atoms with E-state index in [-0.39, 0.29) is 4.90 Å². The van der Waals surface area contributed by atoms with Crippen molar-refractivity contribution in [2.75, 3.05) is 5.73 Å². The molecule has 0 radical (unpaired) electrons. The average Bonchev–Trinajstić information content (AvgIpc) is 2.38. The third kappa shape index (κ3) is 3.98. The molecular weight excluding hydrogens is 260 g/mol. The SMILES string of the molecule is C#CC(CCC)NS(=O)(=O)c1cc(N)ccc1CC. The molecule has 0 aliphatic carbocycles. The van der Waals surface area contributed by atoms with Crippen LogP contribution < -0.4 is 10.5 Å². The van der Waals surface area contributed by atoms with Gasteiger partial charge in [0.05, 0.1) is 10.9 Å². The minimum atomic E-state index is -3.63. The largest absolute Gasteiger partial charge is 0.399 e. The summed E-state index contributed by atoms with van der Waals surface area (Å²) in [6.07, 6.45) is 7.38. The number of hydrogen-bond acceptors (Lipinski definition) is 3. The summed E-state index contributed by atoms with van der Waals surface area (Å²) in [6.45, 7) is 3.85. The Bertz CT molecular complexity index is 574. The molecule has 1 aromatic carbocycles. The Morgan fingerprint density at radius 2 is 2.11 bits per heavy atom. The van der Waals surface area contributed by atoms with E-state index in [0.29, 0.717) is 18.5 Å². The second-order valence-corrected chi connectivity index (χ2v) is 6.03. The van der Waals surface area contributed by atoms with Crippen LogP contribution in [0.3, 0.4) is 0 Å². The molecule has 0 bridgehead atoms. The topological polar surface area (TPSA) is 72.2 Å². The zero-order valence-corrected chi connectivity index (χ0v) is 12.1. The van der Waals surface area contributed by atoms with Crippen LogP contribution in [-0.4, -0.2) is 14.5 Å². The minimum absolute atomic E-state index is 0.214. The molecule has 0 aliphatic rings. The fraction of sp³-hybridized carbons (Fsp3) is 0.429. The molecule has 1 aromatic rings. The predicted octanol–water partition coefficient (Wildman–Crippen LogP) is 1.91. The summed E-state index contributed by atoms with van der Waals surface area (Å²) in [4.78, 5) is 0.214. The van der Waals surface area contributed by atoms with E-state index in [2.05, 4.69) is 10.6 Å². The molecule has 0 amide bonds. The first-order valence-electron chi connectivity index (χ1n) is 6.31. The molecule has 0 heterocycles. The smallest absolute Gasteiger partial charge is 0.242 e. The van der Waals surface area contributed by atoms with Crippen LogP contribution in [0.4, 0.5) is 5.69 Å². The molecule has 0 spiro atoms. The van der Waals surface area contributed by atoms with Crippen molar-refractivity contribution in [2.45, 2.75) is 44.0 Å². The van der Waals surface area contributed by atoms with E-state index in [4.69, 9.17) is 12.2 Å². The van der Waals surface area contributed by atoms with Gasteiger partial charge < -0.3 is 5.73 Å². The summed E-state index contributed by atoms with van der Waals surface area (Å²) in [5.41, 5.74) is 6.82. The molecule has 19 heavy (non-hydrogen) atoms. The number of nitrogens with two attached hydrogens (primary N) is 1. The van der Waals surface area contributed by atoms with E-state index in [1.165, 1.54) is 6.07 Å². The second kappa shape index (κ2) is 6.60. The van der Waals surface area contributed by atoms with Crippen molar-refractivity contribution in [2.24, 2.45) is 0 Å². The fourth-order valence-corrected chi connectivity index (χ4v) is 3.37. The Kier molecular flexibility index (Phi) is 5.40. The zero-order chi connectivity index (χ0) is 14.5. The maximum Gasteiger partial charge on any atom is 0.242 e. The number of benzene rings is 1. The number of nitrogen functional groups attached to an aromatic ring is 1. The van der Waals surface area contributed by atoms with E-state index >= 15 is 0 Å².